The Morgan fingerprint density at radius 3 is 2.66 bits per heavy atom. The molecule has 0 radical (unpaired) electrons. The Morgan fingerprint density at radius 2 is 1.93 bits per heavy atom. The van der Waals surface area contributed by atoms with Crippen LogP contribution in [0.15, 0.2) is 42.6 Å². The van der Waals surface area contributed by atoms with Gasteiger partial charge in [-0.05, 0) is 43.2 Å². The minimum absolute atomic E-state index is 0.00957. The molecule has 0 N–H and O–H groups in total. The third kappa shape index (κ3) is 7.94. The van der Waals surface area contributed by atoms with Crippen molar-refractivity contribution in [1.29, 1.82) is 0 Å². The van der Waals surface area contributed by atoms with Crippen LogP contribution in [-0.4, -0.2) is 34.5 Å². The lowest BCUT2D eigenvalue weighted by molar-refractivity contribution is -0.145. The van der Waals surface area contributed by atoms with Crippen molar-refractivity contribution in [2.75, 3.05) is 13.2 Å². The van der Waals surface area contributed by atoms with Gasteiger partial charge in [0, 0.05) is 36.4 Å². The first-order valence-corrected chi connectivity index (χ1v) is 10.7. The largest absolute Gasteiger partial charge is 0.466 e. The van der Waals surface area contributed by atoms with Gasteiger partial charge in [-0.2, -0.15) is 0 Å². The first-order chi connectivity index (χ1) is 14.0. The second kappa shape index (κ2) is 12.3. The van der Waals surface area contributed by atoms with Gasteiger partial charge < -0.3 is 14.2 Å². The standard InChI is InChI=1S/C23H31ClN2O3/c1-3-5-6-14-26(22(27)12-13-23(28)29-4-2)18-21-11-8-15-25(21)17-19-9-7-10-20(24)16-19/h7-11,15-16H,3-6,12-14,17-18H2,1-2H3. The van der Waals surface area contributed by atoms with Gasteiger partial charge in [-0.25, -0.2) is 0 Å². The van der Waals surface area contributed by atoms with Crippen molar-refractivity contribution < 1.29 is 14.3 Å². The Balaban J connectivity index is 2.05. The van der Waals surface area contributed by atoms with E-state index in [1.54, 1.807) is 6.92 Å². The van der Waals surface area contributed by atoms with E-state index in [0.717, 1.165) is 30.5 Å². The van der Waals surface area contributed by atoms with E-state index < -0.39 is 0 Å². The highest BCUT2D eigenvalue weighted by Crippen LogP contribution is 2.16. The fourth-order valence-electron chi connectivity index (χ4n) is 3.22. The first-order valence-electron chi connectivity index (χ1n) is 10.3. The molecule has 6 heteroatoms. The van der Waals surface area contributed by atoms with Crippen LogP contribution in [-0.2, 0) is 27.4 Å². The minimum Gasteiger partial charge on any atom is -0.466 e. The molecule has 1 heterocycles. The molecule has 1 amide bonds. The topological polar surface area (TPSA) is 51.5 Å². The molecule has 0 spiro atoms. The van der Waals surface area contributed by atoms with Crippen LogP contribution < -0.4 is 0 Å². The molecule has 2 aromatic rings. The summed E-state index contributed by atoms with van der Waals surface area (Å²) in [6.07, 6.45) is 5.45. The smallest absolute Gasteiger partial charge is 0.306 e. The summed E-state index contributed by atoms with van der Waals surface area (Å²) >= 11 is 6.10. The molecule has 158 valence electrons. The molecule has 1 aromatic heterocycles. The molecular weight excluding hydrogens is 388 g/mol. The van der Waals surface area contributed by atoms with Gasteiger partial charge in [0.2, 0.25) is 5.91 Å². The third-order valence-electron chi connectivity index (χ3n) is 4.75. The van der Waals surface area contributed by atoms with Gasteiger partial charge >= 0.3 is 5.97 Å². The van der Waals surface area contributed by atoms with Gasteiger partial charge in [-0.1, -0.05) is 43.5 Å². The summed E-state index contributed by atoms with van der Waals surface area (Å²) < 4.78 is 7.08. The van der Waals surface area contributed by atoms with Crippen molar-refractivity contribution in [3.63, 3.8) is 0 Å². The Kier molecular flexibility index (Phi) is 9.78. The summed E-state index contributed by atoms with van der Waals surface area (Å²) in [5.41, 5.74) is 2.17. The monoisotopic (exact) mass is 418 g/mol. The van der Waals surface area contributed by atoms with E-state index in [0.29, 0.717) is 31.3 Å². The number of esters is 1. The zero-order chi connectivity index (χ0) is 21.1. The number of rotatable bonds is 12. The van der Waals surface area contributed by atoms with Gasteiger partial charge in [-0.3, -0.25) is 9.59 Å². The van der Waals surface area contributed by atoms with E-state index in [9.17, 15) is 9.59 Å². The summed E-state index contributed by atoms with van der Waals surface area (Å²) in [5.74, 6) is -0.330. The highest BCUT2D eigenvalue weighted by Gasteiger charge is 2.17. The van der Waals surface area contributed by atoms with E-state index in [4.69, 9.17) is 16.3 Å². The van der Waals surface area contributed by atoms with Gasteiger partial charge in [0.1, 0.15) is 0 Å². The molecule has 1 aromatic carbocycles. The first kappa shape index (κ1) is 23.0. The van der Waals surface area contributed by atoms with Crippen LogP contribution in [0.5, 0.6) is 0 Å². The molecule has 0 bridgehead atoms. The lowest BCUT2D eigenvalue weighted by Gasteiger charge is -2.24. The Labute approximate surface area is 178 Å². The van der Waals surface area contributed by atoms with E-state index in [2.05, 4.69) is 11.5 Å². The molecule has 2 rings (SSSR count). The third-order valence-corrected chi connectivity index (χ3v) is 4.99. The van der Waals surface area contributed by atoms with Gasteiger partial charge in [0.15, 0.2) is 0 Å². The van der Waals surface area contributed by atoms with E-state index in [-0.39, 0.29) is 24.7 Å². The molecule has 0 saturated heterocycles. The molecule has 5 nitrogen and oxygen atoms in total. The van der Waals surface area contributed by atoms with Crippen LogP contribution in [0, 0.1) is 0 Å². The molecule has 0 fully saturated rings. The van der Waals surface area contributed by atoms with Gasteiger partial charge in [0.05, 0.1) is 19.6 Å². The van der Waals surface area contributed by atoms with Crippen molar-refractivity contribution in [1.82, 2.24) is 9.47 Å². The number of carbonyl (C=O) groups is 2. The molecule has 0 atom stereocenters. The van der Waals surface area contributed by atoms with Crippen LogP contribution >= 0.6 is 11.6 Å². The number of nitrogens with zero attached hydrogens (tertiary/aromatic N) is 2. The molecule has 0 aliphatic rings. The van der Waals surface area contributed by atoms with Crippen LogP contribution in [0.2, 0.25) is 5.02 Å². The predicted octanol–water partition coefficient (Wildman–Crippen LogP) is 5.05. The minimum atomic E-state index is -0.321. The molecule has 0 aliphatic carbocycles. The number of halogens is 1. The molecule has 0 saturated carbocycles. The number of hydrogen-bond acceptors (Lipinski definition) is 3. The number of unbranched alkanes of at least 4 members (excludes halogenated alkanes) is 2. The average Bonchev–Trinajstić information content (AvgIpc) is 3.12. The predicted molar refractivity (Wildman–Crippen MR) is 116 cm³/mol. The van der Waals surface area contributed by atoms with Crippen molar-refractivity contribution in [3.05, 3.63) is 58.9 Å². The van der Waals surface area contributed by atoms with E-state index in [1.807, 2.05) is 47.5 Å². The quantitative estimate of drug-likeness (QED) is 0.358. The highest BCUT2D eigenvalue weighted by atomic mass is 35.5. The molecule has 0 aliphatic heterocycles. The highest BCUT2D eigenvalue weighted by molar-refractivity contribution is 6.30. The normalized spacial score (nSPS) is 10.7. The Hall–Kier alpha value is -2.27. The summed E-state index contributed by atoms with van der Waals surface area (Å²) in [6.45, 7) is 6.16. The fraction of sp³-hybridized carbons (Fsp3) is 0.478. The summed E-state index contributed by atoms with van der Waals surface area (Å²) in [5, 5.41) is 0.714. The number of amides is 1. The zero-order valence-electron chi connectivity index (χ0n) is 17.4. The summed E-state index contributed by atoms with van der Waals surface area (Å²) in [6, 6.07) is 11.8. The Bertz CT molecular complexity index is 788. The van der Waals surface area contributed by atoms with E-state index in [1.165, 1.54) is 0 Å². The number of hydrogen-bond donors (Lipinski definition) is 0. The van der Waals surface area contributed by atoms with Crippen LogP contribution in [0.25, 0.3) is 0 Å². The van der Waals surface area contributed by atoms with Gasteiger partial charge in [-0.15, -0.1) is 0 Å². The fourth-order valence-corrected chi connectivity index (χ4v) is 3.43. The maximum atomic E-state index is 12.8. The maximum absolute atomic E-state index is 12.8. The SMILES string of the molecule is CCCCCN(Cc1cccn1Cc1cccc(Cl)c1)C(=O)CCC(=O)OCC. The van der Waals surface area contributed by atoms with Crippen LogP contribution in [0.1, 0.15) is 57.2 Å². The summed E-state index contributed by atoms with van der Waals surface area (Å²) in [4.78, 5) is 26.3. The number of carbonyl (C=O) groups excluding carboxylic acids is 2. The number of benzene rings is 1. The van der Waals surface area contributed by atoms with Crippen molar-refractivity contribution in [3.8, 4) is 0 Å². The molecule has 29 heavy (non-hydrogen) atoms. The van der Waals surface area contributed by atoms with Crippen molar-refractivity contribution in [2.24, 2.45) is 0 Å². The maximum Gasteiger partial charge on any atom is 0.306 e. The number of aromatic nitrogens is 1. The summed E-state index contributed by atoms with van der Waals surface area (Å²) in [7, 11) is 0. The number of ether oxygens (including phenoxy) is 1. The average molecular weight is 419 g/mol. The van der Waals surface area contributed by atoms with Gasteiger partial charge in [0.25, 0.3) is 0 Å². The zero-order valence-corrected chi connectivity index (χ0v) is 18.2. The molecular formula is C23H31ClN2O3. The second-order valence-corrected chi connectivity index (χ2v) is 7.52. The van der Waals surface area contributed by atoms with Crippen LogP contribution in [0.3, 0.4) is 0 Å². The lowest BCUT2D eigenvalue weighted by Crippen LogP contribution is -2.32. The van der Waals surface area contributed by atoms with Crippen molar-refractivity contribution >= 4 is 23.5 Å². The lowest BCUT2D eigenvalue weighted by atomic mass is 10.2. The van der Waals surface area contributed by atoms with Crippen LogP contribution in [0.4, 0.5) is 0 Å². The van der Waals surface area contributed by atoms with Crippen molar-refractivity contribution in [2.45, 2.75) is 59.0 Å². The Morgan fingerprint density at radius 1 is 1.10 bits per heavy atom. The van der Waals surface area contributed by atoms with E-state index >= 15 is 0 Å². The molecule has 0 unspecified atom stereocenters. The second-order valence-electron chi connectivity index (χ2n) is 7.08.